The molecule has 0 aliphatic heterocycles. The topological polar surface area (TPSA) is 124 Å². The Balaban J connectivity index is 2.28. The van der Waals surface area contributed by atoms with Gasteiger partial charge in [0.05, 0.1) is 25.6 Å². The van der Waals surface area contributed by atoms with E-state index in [9.17, 15) is 0 Å². The van der Waals surface area contributed by atoms with Crippen LogP contribution in [0.5, 0.6) is 0 Å². The zero-order valence-electron chi connectivity index (χ0n) is 12.5. The molecule has 0 aromatic carbocycles. The van der Waals surface area contributed by atoms with E-state index in [4.69, 9.17) is 10.2 Å². The van der Waals surface area contributed by atoms with E-state index < -0.39 is 0 Å². The highest BCUT2D eigenvalue weighted by Gasteiger charge is 2.11. The number of aliphatic hydroxyl groups is 2. The van der Waals surface area contributed by atoms with Gasteiger partial charge in [-0.3, -0.25) is 0 Å². The van der Waals surface area contributed by atoms with Crippen LogP contribution in [0.4, 0.5) is 11.9 Å². The number of anilines is 2. The number of nitrogens with zero attached hydrogens (tertiary/aromatic N) is 8. The minimum atomic E-state index is -0.00471. The molecule has 118 valence electrons. The third-order valence-electron chi connectivity index (χ3n) is 2.91. The summed E-state index contributed by atoms with van der Waals surface area (Å²) < 4.78 is 0. The molecule has 2 N–H and O–H groups in total. The largest absolute Gasteiger partial charge is 0.395 e. The predicted molar refractivity (Wildman–Crippen MR) is 79.4 cm³/mol. The maximum absolute atomic E-state index is 8.96. The average Bonchev–Trinajstić information content (AvgIpc) is 2.55. The Hall–Kier alpha value is -2.46. The normalized spacial score (nSPS) is 10.5. The van der Waals surface area contributed by atoms with Gasteiger partial charge in [0.15, 0.2) is 0 Å². The molecule has 22 heavy (non-hydrogen) atoms. The van der Waals surface area contributed by atoms with Crippen molar-refractivity contribution >= 4 is 11.9 Å². The standard InChI is InChI=1S/C12H18N8O2/c1-19(3-5-21)11-15-9(7-13-17-11)10-8-14-18-12(16-10)20(2)4-6-22/h7-8,21-22H,3-6H2,1-2H3. The first-order valence-corrected chi connectivity index (χ1v) is 6.69. The molecule has 10 nitrogen and oxygen atoms in total. The fourth-order valence-corrected chi connectivity index (χ4v) is 1.66. The number of hydrogen-bond donors (Lipinski definition) is 2. The van der Waals surface area contributed by atoms with Crippen molar-refractivity contribution in [3.8, 4) is 11.4 Å². The maximum Gasteiger partial charge on any atom is 0.245 e. The van der Waals surface area contributed by atoms with Crippen molar-refractivity contribution < 1.29 is 10.2 Å². The second-order valence-electron chi connectivity index (χ2n) is 4.57. The van der Waals surface area contributed by atoms with Gasteiger partial charge in [-0.1, -0.05) is 0 Å². The van der Waals surface area contributed by atoms with E-state index in [-0.39, 0.29) is 13.2 Å². The summed E-state index contributed by atoms with van der Waals surface area (Å²) in [5.41, 5.74) is 1.01. The highest BCUT2D eigenvalue weighted by Crippen LogP contribution is 2.16. The van der Waals surface area contributed by atoms with Crippen LogP contribution >= 0.6 is 0 Å². The lowest BCUT2D eigenvalue weighted by Crippen LogP contribution is -2.24. The van der Waals surface area contributed by atoms with Crippen molar-refractivity contribution in [3.05, 3.63) is 12.4 Å². The molecule has 2 aromatic heterocycles. The Labute approximate surface area is 127 Å². The van der Waals surface area contributed by atoms with Gasteiger partial charge in [0.1, 0.15) is 11.4 Å². The minimum Gasteiger partial charge on any atom is -0.395 e. The van der Waals surface area contributed by atoms with Crippen molar-refractivity contribution in [2.45, 2.75) is 0 Å². The monoisotopic (exact) mass is 306 g/mol. The van der Waals surface area contributed by atoms with Crippen LogP contribution < -0.4 is 9.80 Å². The van der Waals surface area contributed by atoms with Gasteiger partial charge in [-0.05, 0) is 0 Å². The Morgan fingerprint density at radius 2 is 1.23 bits per heavy atom. The van der Waals surface area contributed by atoms with Gasteiger partial charge in [-0.25, -0.2) is 9.97 Å². The highest BCUT2D eigenvalue weighted by atomic mass is 16.3. The van der Waals surface area contributed by atoms with E-state index in [1.54, 1.807) is 23.9 Å². The Kier molecular flexibility index (Phi) is 5.44. The van der Waals surface area contributed by atoms with Gasteiger partial charge in [0, 0.05) is 27.2 Å². The van der Waals surface area contributed by atoms with Gasteiger partial charge in [-0.15, -0.1) is 10.2 Å². The molecule has 0 aliphatic rings. The van der Waals surface area contributed by atoms with Gasteiger partial charge >= 0.3 is 0 Å². The summed E-state index contributed by atoms with van der Waals surface area (Å²) in [4.78, 5) is 12.1. The molecule has 0 radical (unpaired) electrons. The summed E-state index contributed by atoms with van der Waals surface area (Å²) in [6, 6.07) is 0. The second-order valence-corrected chi connectivity index (χ2v) is 4.57. The first-order valence-electron chi connectivity index (χ1n) is 6.69. The van der Waals surface area contributed by atoms with Gasteiger partial charge < -0.3 is 20.0 Å². The highest BCUT2D eigenvalue weighted by molar-refractivity contribution is 5.54. The van der Waals surface area contributed by atoms with E-state index in [0.29, 0.717) is 36.4 Å². The van der Waals surface area contributed by atoms with E-state index in [2.05, 4.69) is 30.4 Å². The fourth-order valence-electron chi connectivity index (χ4n) is 1.66. The zero-order chi connectivity index (χ0) is 15.9. The van der Waals surface area contributed by atoms with Crippen molar-refractivity contribution in [3.63, 3.8) is 0 Å². The van der Waals surface area contributed by atoms with E-state index in [1.807, 2.05) is 0 Å². The first kappa shape index (κ1) is 15.9. The lowest BCUT2D eigenvalue weighted by molar-refractivity contribution is 0.303. The van der Waals surface area contributed by atoms with Crippen LogP contribution in [0.25, 0.3) is 11.4 Å². The molecule has 0 saturated carbocycles. The van der Waals surface area contributed by atoms with Crippen LogP contribution in [-0.4, -0.2) is 81.0 Å². The van der Waals surface area contributed by atoms with Gasteiger partial charge in [0.25, 0.3) is 0 Å². The van der Waals surface area contributed by atoms with Crippen molar-refractivity contribution in [2.75, 3.05) is 50.2 Å². The first-order chi connectivity index (χ1) is 10.7. The second kappa shape index (κ2) is 7.52. The van der Waals surface area contributed by atoms with Crippen LogP contribution in [0, 0.1) is 0 Å². The third kappa shape index (κ3) is 3.80. The molecule has 10 heteroatoms. The van der Waals surface area contributed by atoms with Crippen LogP contribution in [-0.2, 0) is 0 Å². The molecule has 0 atom stereocenters. The number of likely N-dealkylation sites (N-methyl/N-ethyl adjacent to an activating group) is 2. The van der Waals surface area contributed by atoms with Crippen molar-refractivity contribution in [1.82, 2.24) is 30.4 Å². The quantitative estimate of drug-likeness (QED) is 0.629. The summed E-state index contributed by atoms with van der Waals surface area (Å²) in [5, 5.41) is 33.5. The molecule has 2 heterocycles. The summed E-state index contributed by atoms with van der Waals surface area (Å²) >= 11 is 0. The van der Waals surface area contributed by atoms with Crippen LogP contribution in [0.3, 0.4) is 0 Å². The maximum atomic E-state index is 8.96. The minimum absolute atomic E-state index is 0.00471. The van der Waals surface area contributed by atoms with Gasteiger partial charge in [0.2, 0.25) is 11.9 Å². The molecular formula is C12H18N8O2. The number of hydrogen-bond acceptors (Lipinski definition) is 10. The van der Waals surface area contributed by atoms with E-state index >= 15 is 0 Å². The molecule has 0 unspecified atom stereocenters. The predicted octanol–water partition coefficient (Wildman–Crippen LogP) is -1.42. The molecule has 0 bridgehead atoms. The van der Waals surface area contributed by atoms with E-state index in [1.165, 1.54) is 12.4 Å². The number of aromatic nitrogens is 6. The van der Waals surface area contributed by atoms with Crippen LogP contribution in [0.15, 0.2) is 12.4 Å². The Morgan fingerprint density at radius 1 is 0.818 bits per heavy atom. The molecule has 0 aliphatic carbocycles. The third-order valence-corrected chi connectivity index (χ3v) is 2.91. The summed E-state index contributed by atoms with van der Waals surface area (Å²) in [6.07, 6.45) is 2.96. The summed E-state index contributed by atoms with van der Waals surface area (Å²) in [7, 11) is 3.52. The molecule has 0 fully saturated rings. The van der Waals surface area contributed by atoms with Crippen molar-refractivity contribution in [2.24, 2.45) is 0 Å². The molecule has 0 saturated heterocycles. The van der Waals surface area contributed by atoms with Crippen LogP contribution in [0.2, 0.25) is 0 Å². The molecule has 0 amide bonds. The molecular weight excluding hydrogens is 288 g/mol. The molecule has 2 aromatic rings. The lowest BCUT2D eigenvalue weighted by atomic mass is 10.3. The Bertz CT molecular complexity index is 558. The number of aliphatic hydroxyl groups excluding tert-OH is 2. The average molecular weight is 306 g/mol. The lowest BCUT2D eigenvalue weighted by Gasteiger charge is -2.16. The smallest absolute Gasteiger partial charge is 0.245 e. The van der Waals surface area contributed by atoms with Crippen molar-refractivity contribution in [1.29, 1.82) is 0 Å². The number of rotatable bonds is 7. The molecule has 0 spiro atoms. The SMILES string of the molecule is CN(CCO)c1nncc(-c2cnnc(N(C)CCO)n2)n1. The zero-order valence-corrected chi connectivity index (χ0v) is 12.5. The summed E-state index contributed by atoms with van der Waals surface area (Å²) in [5.74, 6) is 0.769. The van der Waals surface area contributed by atoms with Gasteiger partial charge in [-0.2, -0.15) is 10.2 Å². The Morgan fingerprint density at radius 3 is 1.59 bits per heavy atom. The van der Waals surface area contributed by atoms with E-state index in [0.717, 1.165) is 0 Å². The molecule has 2 rings (SSSR count). The summed E-state index contributed by atoms with van der Waals surface area (Å²) in [6.45, 7) is 0.791. The van der Waals surface area contributed by atoms with Crippen LogP contribution in [0.1, 0.15) is 0 Å². The fraction of sp³-hybridized carbons (Fsp3) is 0.500.